The highest BCUT2D eigenvalue weighted by Gasteiger charge is 2.18. The monoisotopic (exact) mass is 228 g/mol. The second-order valence-electron chi connectivity index (χ2n) is 3.94. The van der Waals surface area contributed by atoms with Crippen LogP contribution in [0.5, 0.6) is 0 Å². The molecule has 6 nitrogen and oxygen atoms in total. The lowest BCUT2D eigenvalue weighted by atomic mass is 10.1. The summed E-state index contributed by atoms with van der Waals surface area (Å²) in [6, 6.07) is -0.655. The molecule has 6 heteroatoms. The molecular weight excluding hydrogens is 208 g/mol. The summed E-state index contributed by atoms with van der Waals surface area (Å²) in [4.78, 5) is 22.1. The molecule has 1 aliphatic rings. The maximum Gasteiger partial charge on any atom is 0.312 e. The summed E-state index contributed by atoms with van der Waals surface area (Å²) in [6.45, 7) is 1.69. The summed E-state index contributed by atoms with van der Waals surface area (Å²) in [5.41, 5.74) is 4.90. The van der Waals surface area contributed by atoms with Gasteiger partial charge in [0.05, 0.1) is 6.04 Å². The molecule has 0 aromatic rings. The molecular formula is C10H20N4O2. The van der Waals surface area contributed by atoms with Crippen molar-refractivity contribution < 1.29 is 9.59 Å². The van der Waals surface area contributed by atoms with E-state index >= 15 is 0 Å². The Hall–Kier alpha value is -1.30. The molecule has 1 unspecified atom stereocenters. The van der Waals surface area contributed by atoms with E-state index < -0.39 is 6.03 Å². The van der Waals surface area contributed by atoms with Gasteiger partial charge in [-0.3, -0.25) is 4.79 Å². The van der Waals surface area contributed by atoms with Gasteiger partial charge in [0.15, 0.2) is 0 Å². The number of primary amides is 1. The molecule has 5 N–H and O–H groups in total. The Morgan fingerprint density at radius 3 is 2.69 bits per heavy atom. The molecule has 1 atom stereocenters. The minimum atomic E-state index is -0.568. The van der Waals surface area contributed by atoms with Crippen LogP contribution in [0.2, 0.25) is 0 Å². The fourth-order valence-electron chi connectivity index (χ4n) is 1.75. The molecule has 0 bridgehead atoms. The molecule has 1 heterocycles. The average molecular weight is 228 g/mol. The largest absolute Gasteiger partial charge is 0.353 e. The number of rotatable bonds is 4. The molecule has 1 saturated heterocycles. The Labute approximate surface area is 95.3 Å². The zero-order valence-electron chi connectivity index (χ0n) is 9.42. The second kappa shape index (κ2) is 7.05. The summed E-state index contributed by atoms with van der Waals surface area (Å²) >= 11 is 0. The van der Waals surface area contributed by atoms with Crippen molar-refractivity contribution in [3.63, 3.8) is 0 Å². The zero-order valence-corrected chi connectivity index (χ0v) is 9.42. The van der Waals surface area contributed by atoms with Gasteiger partial charge in [-0.05, 0) is 19.4 Å². The lowest BCUT2D eigenvalue weighted by Crippen LogP contribution is -2.46. The third kappa shape index (κ3) is 4.97. The highest BCUT2D eigenvalue weighted by atomic mass is 16.2. The first-order chi connectivity index (χ1) is 7.70. The number of hydrogen-bond acceptors (Lipinski definition) is 3. The lowest BCUT2D eigenvalue weighted by molar-refractivity contribution is -0.123. The van der Waals surface area contributed by atoms with Crippen LogP contribution in [0.3, 0.4) is 0 Å². The summed E-state index contributed by atoms with van der Waals surface area (Å²) in [6.07, 6.45) is 4.28. The third-order valence-electron chi connectivity index (χ3n) is 2.60. The Kier molecular flexibility index (Phi) is 5.63. The van der Waals surface area contributed by atoms with E-state index in [9.17, 15) is 9.59 Å². The lowest BCUT2D eigenvalue weighted by Gasteiger charge is -2.15. The number of nitrogens with two attached hydrogens (primary N) is 1. The van der Waals surface area contributed by atoms with Crippen molar-refractivity contribution in [2.24, 2.45) is 5.73 Å². The van der Waals surface area contributed by atoms with E-state index in [0.717, 1.165) is 25.8 Å². The average Bonchev–Trinajstić information content (AvgIpc) is 2.52. The van der Waals surface area contributed by atoms with E-state index in [-0.39, 0.29) is 11.9 Å². The molecule has 92 valence electrons. The summed E-state index contributed by atoms with van der Waals surface area (Å²) in [5, 5.41) is 8.39. The zero-order chi connectivity index (χ0) is 11.8. The maximum atomic E-state index is 11.7. The topological polar surface area (TPSA) is 96.2 Å². The van der Waals surface area contributed by atoms with E-state index in [1.54, 1.807) is 0 Å². The Morgan fingerprint density at radius 2 is 1.94 bits per heavy atom. The first kappa shape index (κ1) is 12.8. The summed E-state index contributed by atoms with van der Waals surface area (Å²) in [7, 11) is 0. The molecule has 3 amide bonds. The molecule has 0 aromatic carbocycles. The van der Waals surface area contributed by atoms with Crippen LogP contribution in [0.1, 0.15) is 25.7 Å². The maximum absolute atomic E-state index is 11.7. The fraction of sp³-hybridized carbons (Fsp3) is 0.800. The van der Waals surface area contributed by atoms with Crippen molar-refractivity contribution in [2.45, 2.75) is 31.7 Å². The third-order valence-corrected chi connectivity index (χ3v) is 2.60. The number of hydrogen-bond donors (Lipinski definition) is 4. The molecule has 1 aliphatic heterocycles. The van der Waals surface area contributed by atoms with E-state index in [4.69, 9.17) is 5.73 Å². The van der Waals surface area contributed by atoms with E-state index in [0.29, 0.717) is 13.1 Å². The number of carbonyl (C=O) groups is 2. The molecule has 0 saturated carbocycles. The van der Waals surface area contributed by atoms with Crippen LogP contribution in [-0.4, -0.2) is 37.6 Å². The number of urea groups is 1. The van der Waals surface area contributed by atoms with Gasteiger partial charge >= 0.3 is 6.03 Å². The van der Waals surface area contributed by atoms with Crippen molar-refractivity contribution in [2.75, 3.05) is 19.6 Å². The minimum Gasteiger partial charge on any atom is -0.353 e. The van der Waals surface area contributed by atoms with Crippen molar-refractivity contribution in [3.05, 3.63) is 0 Å². The minimum absolute atomic E-state index is 0.00757. The highest BCUT2D eigenvalue weighted by Crippen LogP contribution is 2.07. The van der Waals surface area contributed by atoms with Crippen LogP contribution in [0.25, 0.3) is 0 Å². The van der Waals surface area contributed by atoms with Crippen molar-refractivity contribution in [3.8, 4) is 0 Å². The van der Waals surface area contributed by atoms with Gasteiger partial charge in [-0.2, -0.15) is 0 Å². The molecule has 1 rings (SSSR count). The van der Waals surface area contributed by atoms with E-state index in [2.05, 4.69) is 16.0 Å². The first-order valence-corrected chi connectivity index (χ1v) is 5.74. The van der Waals surface area contributed by atoms with Gasteiger partial charge in [-0.25, -0.2) is 4.79 Å². The van der Waals surface area contributed by atoms with Crippen molar-refractivity contribution in [1.82, 2.24) is 16.0 Å². The SMILES string of the molecule is NC(=O)NCCNC(=O)C1CCCCCN1. The first-order valence-electron chi connectivity index (χ1n) is 5.74. The predicted molar refractivity (Wildman–Crippen MR) is 60.9 cm³/mol. The number of carbonyl (C=O) groups excluding carboxylic acids is 2. The number of nitrogens with one attached hydrogen (secondary N) is 3. The van der Waals surface area contributed by atoms with Gasteiger partial charge in [-0.1, -0.05) is 12.8 Å². The van der Waals surface area contributed by atoms with E-state index in [1.807, 2.05) is 0 Å². The predicted octanol–water partition coefficient (Wildman–Crippen LogP) is -0.697. The molecule has 0 spiro atoms. The highest BCUT2D eigenvalue weighted by molar-refractivity contribution is 5.81. The smallest absolute Gasteiger partial charge is 0.312 e. The molecule has 0 aromatic heterocycles. The Bertz CT molecular complexity index is 237. The normalized spacial score (nSPS) is 20.9. The Balaban J connectivity index is 2.15. The summed E-state index contributed by atoms with van der Waals surface area (Å²) in [5.74, 6) is 0.00757. The fourth-order valence-corrected chi connectivity index (χ4v) is 1.75. The van der Waals surface area contributed by atoms with Crippen LogP contribution >= 0.6 is 0 Å². The standard InChI is InChI=1S/C10H20N4O2/c11-10(16)14-7-6-13-9(15)8-4-2-1-3-5-12-8/h8,12H,1-7H2,(H,13,15)(H3,11,14,16). The van der Waals surface area contributed by atoms with Crippen molar-refractivity contribution in [1.29, 1.82) is 0 Å². The molecule has 0 aliphatic carbocycles. The van der Waals surface area contributed by atoms with Crippen LogP contribution < -0.4 is 21.7 Å². The second-order valence-corrected chi connectivity index (χ2v) is 3.94. The van der Waals surface area contributed by atoms with Crippen LogP contribution in [0.15, 0.2) is 0 Å². The van der Waals surface area contributed by atoms with E-state index in [1.165, 1.54) is 6.42 Å². The van der Waals surface area contributed by atoms with Crippen LogP contribution in [0.4, 0.5) is 4.79 Å². The van der Waals surface area contributed by atoms with Gasteiger partial charge in [0.25, 0.3) is 0 Å². The molecule has 16 heavy (non-hydrogen) atoms. The van der Waals surface area contributed by atoms with Gasteiger partial charge < -0.3 is 21.7 Å². The molecule has 0 radical (unpaired) electrons. The quantitative estimate of drug-likeness (QED) is 0.479. The molecule has 1 fully saturated rings. The van der Waals surface area contributed by atoms with Crippen molar-refractivity contribution >= 4 is 11.9 Å². The van der Waals surface area contributed by atoms with Gasteiger partial charge in [0.2, 0.25) is 5.91 Å². The van der Waals surface area contributed by atoms with Crippen LogP contribution in [-0.2, 0) is 4.79 Å². The summed E-state index contributed by atoms with van der Waals surface area (Å²) < 4.78 is 0. The van der Waals surface area contributed by atoms with Gasteiger partial charge in [0, 0.05) is 13.1 Å². The number of amides is 3. The van der Waals surface area contributed by atoms with Crippen LogP contribution in [0, 0.1) is 0 Å². The Morgan fingerprint density at radius 1 is 1.19 bits per heavy atom. The van der Waals surface area contributed by atoms with Gasteiger partial charge in [0.1, 0.15) is 0 Å². The van der Waals surface area contributed by atoms with Gasteiger partial charge in [-0.15, -0.1) is 0 Å².